The summed E-state index contributed by atoms with van der Waals surface area (Å²) in [5, 5.41) is 0. The average molecular weight is 320 g/mol. The van der Waals surface area contributed by atoms with Crippen LogP contribution in [0.4, 0.5) is 11.8 Å². The van der Waals surface area contributed by atoms with Crippen LogP contribution in [0.5, 0.6) is 0 Å². The van der Waals surface area contributed by atoms with Crippen LogP contribution in [0.15, 0.2) is 47.3 Å². The Balaban J connectivity index is 1.38. The molecule has 0 saturated carbocycles. The third kappa shape index (κ3) is 2.09. The molecule has 1 fully saturated rings. The summed E-state index contributed by atoms with van der Waals surface area (Å²) in [4.78, 5) is 21.0. The van der Waals surface area contributed by atoms with Crippen molar-refractivity contribution < 1.29 is 4.42 Å². The van der Waals surface area contributed by atoms with E-state index in [1.807, 2.05) is 36.5 Å². The summed E-state index contributed by atoms with van der Waals surface area (Å²) in [6, 6.07) is 10.5. The second kappa shape index (κ2) is 5.23. The van der Waals surface area contributed by atoms with Crippen molar-refractivity contribution in [2.45, 2.75) is 0 Å². The summed E-state index contributed by atoms with van der Waals surface area (Å²) in [6.45, 7) is 3.42. The van der Waals surface area contributed by atoms with Crippen molar-refractivity contribution in [2.24, 2.45) is 0 Å². The summed E-state index contributed by atoms with van der Waals surface area (Å²) >= 11 is 0. The molecule has 3 aromatic heterocycles. The number of hydrogen-bond donors (Lipinski definition) is 1. The number of fused-ring (bicyclic) bond motifs is 2. The Labute approximate surface area is 137 Å². The van der Waals surface area contributed by atoms with E-state index in [1.54, 1.807) is 6.33 Å². The molecule has 0 bridgehead atoms. The van der Waals surface area contributed by atoms with Gasteiger partial charge in [0.15, 0.2) is 11.4 Å². The van der Waals surface area contributed by atoms with Gasteiger partial charge in [0.25, 0.3) is 6.01 Å². The number of H-pyrrole nitrogens is 1. The summed E-state index contributed by atoms with van der Waals surface area (Å²) in [5.41, 5.74) is 3.67. The first-order valence-corrected chi connectivity index (χ1v) is 8.02. The van der Waals surface area contributed by atoms with Crippen molar-refractivity contribution in [3.63, 3.8) is 0 Å². The average Bonchev–Trinajstić information content (AvgIpc) is 3.28. The number of benzene rings is 1. The van der Waals surface area contributed by atoms with E-state index in [-0.39, 0.29) is 0 Å². The SMILES string of the molecule is c1ccc2oc(N3CCN(c4ncnc5cc[nH]c45)CC3)nc2c1. The lowest BCUT2D eigenvalue weighted by Crippen LogP contribution is -2.47. The molecular weight excluding hydrogens is 304 g/mol. The fourth-order valence-corrected chi connectivity index (χ4v) is 3.20. The summed E-state index contributed by atoms with van der Waals surface area (Å²) in [7, 11) is 0. The van der Waals surface area contributed by atoms with Crippen LogP contribution in [0.3, 0.4) is 0 Å². The zero-order valence-electron chi connectivity index (χ0n) is 13.0. The quantitative estimate of drug-likeness (QED) is 0.611. The van der Waals surface area contributed by atoms with E-state index < -0.39 is 0 Å². The normalized spacial score (nSPS) is 15.5. The Morgan fingerprint density at radius 1 is 0.917 bits per heavy atom. The zero-order valence-corrected chi connectivity index (χ0v) is 13.0. The molecule has 120 valence electrons. The maximum Gasteiger partial charge on any atom is 0.298 e. The summed E-state index contributed by atoms with van der Waals surface area (Å²) in [6.07, 6.45) is 3.52. The molecule has 1 aliphatic rings. The van der Waals surface area contributed by atoms with E-state index in [2.05, 4.69) is 29.7 Å². The van der Waals surface area contributed by atoms with Crippen LogP contribution in [-0.4, -0.2) is 46.1 Å². The predicted molar refractivity (Wildman–Crippen MR) is 92.3 cm³/mol. The molecule has 5 rings (SSSR count). The monoisotopic (exact) mass is 320 g/mol. The number of oxazole rings is 1. The van der Waals surface area contributed by atoms with Gasteiger partial charge in [-0.15, -0.1) is 0 Å². The number of nitrogens with one attached hydrogen (secondary N) is 1. The Hall–Kier alpha value is -3.09. The number of para-hydroxylation sites is 2. The minimum absolute atomic E-state index is 0.698. The largest absolute Gasteiger partial charge is 0.423 e. The van der Waals surface area contributed by atoms with E-state index in [4.69, 9.17) is 4.42 Å². The lowest BCUT2D eigenvalue weighted by molar-refractivity contribution is 0.541. The fraction of sp³-hybridized carbons (Fsp3) is 0.235. The molecule has 4 aromatic rings. The highest BCUT2D eigenvalue weighted by molar-refractivity contribution is 5.86. The van der Waals surface area contributed by atoms with Crippen LogP contribution in [0.1, 0.15) is 0 Å². The molecule has 0 radical (unpaired) electrons. The number of anilines is 2. The van der Waals surface area contributed by atoms with E-state index in [1.165, 1.54) is 0 Å². The molecule has 1 saturated heterocycles. The molecule has 1 N–H and O–H groups in total. The summed E-state index contributed by atoms with van der Waals surface area (Å²) in [5.74, 6) is 0.960. The van der Waals surface area contributed by atoms with Gasteiger partial charge in [0.2, 0.25) is 0 Å². The third-order valence-electron chi connectivity index (χ3n) is 4.46. The first kappa shape index (κ1) is 13.4. The van der Waals surface area contributed by atoms with Crippen molar-refractivity contribution in [2.75, 3.05) is 36.0 Å². The van der Waals surface area contributed by atoms with Gasteiger partial charge >= 0.3 is 0 Å². The van der Waals surface area contributed by atoms with Crippen LogP contribution < -0.4 is 9.80 Å². The maximum absolute atomic E-state index is 5.87. The van der Waals surface area contributed by atoms with Gasteiger partial charge in [-0.25, -0.2) is 9.97 Å². The van der Waals surface area contributed by atoms with E-state index in [9.17, 15) is 0 Å². The Bertz CT molecular complexity index is 965. The number of hydrogen-bond acceptors (Lipinski definition) is 6. The van der Waals surface area contributed by atoms with Crippen LogP contribution in [-0.2, 0) is 0 Å². The number of piperazine rings is 1. The molecule has 24 heavy (non-hydrogen) atoms. The van der Waals surface area contributed by atoms with Gasteiger partial charge < -0.3 is 19.2 Å². The fourth-order valence-electron chi connectivity index (χ4n) is 3.20. The third-order valence-corrected chi connectivity index (χ3v) is 4.46. The Kier molecular flexibility index (Phi) is 2.91. The van der Waals surface area contributed by atoms with Gasteiger partial charge in [-0.05, 0) is 18.2 Å². The summed E-state index contributed by atoms with van der Waals surface area (Å²) < 4.78 is 5.87. The van der Waals surface area contributed by atoms with Crippen LogP contribution >= 0.6 is 0 Å². The van der Waals surface area contributed by atoms with Gasteiger partial charge in [0.05, 0.1) is 5.52 Å². The number of aromatic amines is 1. The number of nitrogens with zero attached hydrogens (tertiary/aromatic N) is 5. The van der Waals surface area contributed by atoms with Crippen molar-refractivity contribution in [3.05, 3.63) is 42.9 Å². The second-order valence-corrected chi connectivity index (χ2v) is 5.87. The Morgan fingerprint density at radius 3 is 2.62 bits per heavy atom. The van der Waals surface area contributed by atoms with Gasteiger partial charge in [-0.1, -0.05) is 12.1 Å². The molecule has 0 spiro atoms. The topological polar surface area (TPSA) is 74.1 Å². The van der Waals surface area contributed by atoms with Crippen LogP contribution in [0, 0.1) is 0 Å². The standard InChI is InChI=1S/C17H16N6O/c1-2-4-14-12(3-1)21-17(24-14)23-9-7-22(8-10-23)16-15-13(5-6-18-15)19-11-20-16/h1-6,11,18H,7-10H2. The van der Waals surface area contributed by atoms with Crippen molar-refractivity contribution in [3.8, 4) is 0 Å². The smallest absolute Gasteiger partial charge is 0.298 e. The van der Waals surface area contributed by atoms with Gasteiger partial charge in [0, 0.05) is 32.4 Å². The number of aromatic nitrogens is 4. The second-order valence-electron chi connectivity index (χ2n) is 5.87. The van der Waals surface area contributed by atoms with E-state index in [0.717, 1.165) is 54.1 Å². The highest BCUT2D eigenvalue weighted by atomic mass is 16.4. The maximum atomic E-state index is 5.87. The van der Waals surface area contributed by atoms with E-state index in [0.29, 0.717) is 6.01 Å². The minimum atomic E-state index is 0.698. The minimum Gasteiger partial charge on any atom is -0.423 e. The van der Waals surface area contributed by atoms with Crippen molar-refractivity contribution in [1.29, 1.82) is 0 Å². The highest BCUT2D eigenvalue weighted by Gasteiger charge is 2.23. The zero-order chi connectivity index (χ0) is 15.9. The highest BCUT2D eigenvalue weighted by Crippen LogP contribution is 2.25. The van der Waals surface area contributed by atoms with Crippen LogP contribution in [0.2, 0.25) is 0 Å². The molecule has 7 nitrogen and oxygen atoms in total. The first-order valence-electron chi connectivity index (χ1n) is 8.02. The van der Waals surface area contributed by atoms with Gasteiger partial charge in [0.1, 0.15) is 17.4 Å². The van der Waals surface area contributed by atoms with Crippen molar-refractivity contribution in [1.82, 2.24) is 19.9 Å². The van der Waals surface area contributed by atoms with E-state index >= 15 is 0 Å². The molecule has 1 aliphatic heterocycles. The molecule has 0 amide bonds. The molecule has 0 aliphatic carbocycles. The molecule has 0 unspecified atom stereocenters. The number of rotatable bonds is 2. The first-order chi connectivity index (χ1) is 11.9. The van der Waals surface area contributed by atoms with Crippen LogP contribution in [0.25, 0.3) is 22.1 Å². The molecule has 1 aromatic carbocycles. The molecule has 0 atom stereocenters. The van der Waals surface area contributed by atoms with Gasteiger partial charge in [-0.2, -0.15) is 4.98 Å². The predicted octanol–water partition coefficient (Wildman–Crippen LogP) is 2.43. The van der Waals surface area contributed by atoms with Gasteiger partial charge in [-0.3, -0.25) is 0 Å². The Morgan fingerprint density at radius 2 is 1.75 bits per heavy atom. The molecule has 4 heterocycles. The molecular formula is C17H16N6O. The molecule has 7 heteroatoms. The van der Waals surface area contributed by atoms with Crippen molar-refractivity contribution >= 4 is 34.0 Å². The lowest BCUT2D eigenvalue weighted by Gasteiger charge is -2.34. The lowest BCUT2D eigenvalue weighted by atomic mass is 10.3.